The second kappa shape index (κ2) is 8.73. The van der Waals surface area contributed by atoms with Crippen molar-refractivity contribution in [2.24, 2.45) is 0 Å². The third kappa shape index (κ3) is 4.48. The van der Waals surface area contributed by atoms with E-state index in [0.717, 1.165) is 52.1 Å². The predicted octanol–water partition coefficient (Wildman–Crippen LogP) is 2.72. The highest BCUT2D eigenvalue weighted by Crippen LogP contribution is 2.20. The van der Waals surface area contributed by atoms with E-state index in [0.29, 0.717) is 23.2 Å². The number of carbonyl (C=O) groups is 2. The fourth-order valence-corrected chi connectivity index (χ4v) is 3.91. The number of amides is 2. The summed E-state index contributed by atoms with van der Waals surface area (Å²) in [5, 5.41) is 0.586. The van der Waals surface area contributed by atoms with Gasteiger partial charge in [0.2, 0.25) is 0 Å². The third-order valence-corrected chi connectivity index (χ3v) is 5.42. The first kappa shape index (κ1) is 19.0. The molecule has 1 aromatic carbocycles. The molecule has 7 heteroatoms. The second-order valence-corrected chi connectivity index (χ2v) is 7.19. The summed E-state index contributed by atoms with van der Waals surface area (Å²) in [6, 6.07) is 7.60. The molecule has 0 radical (unpaired) electrons. The SMILES string of the molecule is CCOC(=O)N1CCC(N2CCN(C(=O)c3cccc(Cl)c3)CC2)CC1. The molecule has 6 nitrogen and oxygen atoms in total. The van der Waals surface area contributed by atoms with Crippen molar-refractivity contribution in [3.63, 3.8) is 0 Å². The van der Waals surface area contributed by atoms with E-state index in [1.807, 2.05) is 24.0 Å². The Balaban J connectivity index is 1.47. The first-order valence-corrected chi connectivity index (χ1v) is 9.67. The van der Waals surface area contributed by atoms with E-state index in [2.05, 4.69) is 4.90 Å². The summed E-state index contributed by atoms with van der Waals surface area (Å²) >= 11 is 5.99. The minimum atomic E-state index is -0.206. The molecule has 142 valence electrons. The Hall–Kier alpha value is -1.79. The second-order valence-electron chi connectivity index (χ2n) is 6.76. The molecule has 0 spiro atoms. The first-order valence-electron chi connectivity index (χ1n) is 9.29. The van der Waals surface area contributed by atoms with Crippen LogP contribution in [0.2, 0.25) is 5.02 Å². The molecule has 0 N–H and O–H groups in total. The quantitative estimate of drug-likeness (QED) is 0.810. The number of nitrogens with zero attached hydrogens (tertiary/aromatic N) is 3. The van der Waals surface area contributed by atoms with Crippen molar-refractivity contribution in [3.8, 4) is 0 Å². The van der Waals surface area contributed by atoms with Crippen molar-refractivity contribution >= 4 is 23.6 Å². The van der Waals surface area contributed by atoms with Gasteiger partial charge in [0.15, 0.2) is 0 Å². The number of ether oxygens (including phenoxy) is 1. The zero-order valence-corrected chi connectivity index (χ0v) is 16.0. The zero-order chi connectivity index (χ0) is 18.5. The van der Waals surface area contributed by atoms with Gasteiger partial charge in [0, 0.05) is 55.9 Å². The molecule has 2 saturated heterocycles. The average molecular weight is 380 g/mol. The molecule has 1 aromatic rings. The summed E-state index contributed by atoms with van der Waals surface area (Å²) in [6.45, 7) is 6.92. The van der Waals surface area contributed by atoms with Gasteiger partial charge in [0.05, 0.1) is 6.61 Å². The van der Waals surface area contributed by atoms with Crippen molar-refractivity contribution in [2.45, 2.75) is 25.8 Å². The Morgan fingerprint density at radius 1 is 1.08 bits per heavy atom. The van der Waals surface area contributed by atoms with Gasteiger partial charge in [-0.2, -0.15) is 0 Å². The number of carbonyl (C=O) groups excluding carboxylic acids is 2. The van der Waals surface area contributed by atoms with Crippen molar-refractivity contribution in [1.82, 2.24) is 14.7 Å². The van der Waals surface area contributed by atoms with E-state index in [9.17, 15) is 9.59 Å². The van der Waals surface area contributed by atoms with Gasteiger partial charge in [-0.05, 0) is 38.0 Å². The highest BCUT2D eigenvalue weighted by atomic mass is 35.5. The molecule has 2 fully saturated rings. The lowest BCUT2D eigenvalue weighted by molar-refractivity contribution is 0.0417. The molecule has 0 saturated carbocycles. The van der Waals surface area contributed by atoms with Crippen LogP contribution in [0, 0.1) is 0 Å². The number of piperidine rings is 1. The van der Waals surface area contributed by atoms with Gasteiger partial charge >= 0.3 is 6.09 Å². The van der Waals surface area contributed by atoms with E-state index in [1.54, 1.807) is 17.0 Å². The van der Waals surface area contributed by atoms with E-state index < -0.39 is 0 Å². The number of piperazine rings is 1. The van der Waals surface area contributed by atoms with Crippen molar-refractivity contribution in [3.05, 3.63) is 34.9 Å². The maximum atomic E-state index is 12.6. The largest absolute Gasteiger partial charge is 0.450 e. The summed E-state index contributed by atoms with van der Waals surface area (Å²) in [5.74, 6) is 0.0456. The Morgan fingerprint density at radius 2 is 1.77 bits per heavy atom. The topological polar surface area (TPSA) is 53.1 Å². The molecule has 2 amide bonds. The normalized spacial score (nSPS) is 19.5. The summed E-state index contributed by atoms with van der Waals surface area (Å²) < 4.78 is 5.07. The smallest absolute Gasteiger partial charge is 0.409 e. The Bertz CT molecular complexity index is 639. The monoisotopic (exact) mass is 379 g/mol. The van der Waals surface area contributed by atoms with Crippen LogP contribution in [0.4, 0.5) is 4.79 Å². The standard InChI is InChI=1S/C19H26ClN3O3/c1-2-26-19(25)23-8-6-17(7-9-23)21-10-12-22(13-11-21)18(24)15-4-3-5-16(20)14-15/h3-5,14,17H,2,6-13H2,1H3. The average Bonchev–Trinajstić information content (AvgIpc) is 2.68. The van der Waals surface area contributed by atoms with Gasteiger partial charge in [0.25, 0.3) is 5.91 Å². The number of hydrogen-bond donors (Lipinski definition) is 0. The fourth-order valence-electron chi connectivity index (χ4n) is 3.72. The Labute approximate surface area is 159 Å². The number of halogens is 1. The summed E-state index contributed by atoms with van der Waals surface area (Å²) in [4.78, 5) is 30.5. The molecular formula is C19H26ClN3O3. The number of rotatable bonds is 3. The summed E-state index contributed by atoms with van der Waals surface area (Å²) in [5.41, 5.74) is 0.647. The molecule has 0 aliphatic carbocycles. The van der Waals surface area contributed by atoms with Crippen molar-refractivity contribution < 1.29 is 14.3 Å². The molecule has 26 heavy (non-hydrogen) atoms. The van der Waals surface area contributed by atoms with Crippen LogP contribution in [0.3, 0.4) is 0 Å². The highest BCUT2D eigenvalue weighted by Gasteiger charge is 2.30. The lowest BCUT2D eigenvalue weighted by Crippen LogP contribution is -2.54. The fraction of sp³-hybridized carbons (Fsp3) is 0.579. The van der Waals surface area contributed by atoms with E-state index in [-0.39, 0.29) is 12.0 Å². The van der Waals surface area contributed by atoms with Gasteiger partial charge in [-0.25, -0.2) is 4.79 Å². The van der Waals surface area contributed by atoms with Gasteiger partial charge in [-0.3, -0.25) is 9.69 Å². The molecular weight excluding hydrogens is 354 g/mol. The maximum Gasteiger partial charge on any atom is 0.409 e. The number of likely N-dealkylation sites (tertiary alicyclic amines) is 1. The van der Waals surface area contributed by atoms with Crippen LogP contribution in [0.15, 0.2) is 24.3 Å². The van der Waals surface area contributed by atoms with Gasteiger partial charge in [0.1, 0.15) is 0 Å². The molecule has 2 aliphatic heterocycles. The van der Waals surface area contributed by atoms with Crippen LogP contribution in [0.5, 0.6) is 0 Å². The van der Waals surface area contributed by atoms with Gasteiger partial charge < -0.3 is 14.5 Å². The molecule has 0 aromatic heterocycles. The van der Waals surface area contributed by atoms with Crippen LogP contribution < -0.4 is 0 Å². The summed E-state index contributed by atoms with van der Waals surface area (Å²) in [7, 11) is 0. The van der Waals surface area contributed by atoms with E-state index in [1.165, 1.54) is 0 Å². The van der Waals surface area contributed by atoms with Gasteiger partial charge in [-0.15, -0.1) is 0 Å². The van der Waals surface area contributed by atoms with E-state index in [4.69, 9.17) is 16.3 Å². The van der Waals surface area contributed by atoms with Crippen LogP contribution >= 0.6 is 11.6 Å². The van der Waals surface area contributed by atoms with Crippen molar-refractivity contribution in [2.75, 3.05) is 45.9 Å². The molecule has 2 aliphatic rings. The summed E-state index contributed by atoms with van der Waals surface area (Å²) in [6.07, 6.45) is 1.71. The first-order chi connectivity index (χ1) is 12.6. The minimum Gasteiger partial charge on any atom is -0.450 e. The maximum absolute atomic E-state index is 12.6. The lowest BCUT2D eigenvalue weighted by Gasteiger charge is -2.42. The lowest BCUT2D eigenvalue weighted by atomic mass is 10.0. The number of hydrogen-bond acceptors (Lipinski definition) is 4. The third-order valence-electron chi connectivity index (χ3n) is 5.18. The number of benzene rings is 1. The van der Waals surface area contributed by atoms with Crippen LogP contribution in [-0.4, -0.2) is 78.6 Å². The molecule has 3 rings (SSSR count). The van der Waals surface area contributed by atoms with Crippen molar-refractivity contribution in [1.29, 1.82) is 0 Å². The highest BCUT2D eigenvalue weighted by molar-refractivity contribution is 6.30. The van der Waals surface area contributed by atoms with Crippen LogP contribution in [-0.2, 0) is 4.74 Å². The molecule has 0 bridgehead atoms. The molecule has 0 atom stereocenters. The zero-order valence-electron chi connectivity index (χ0n) is 15.2. The molecule has 2 heterocycles. The van der Waals surface area contributed by atoms with Crippen LogP contribution in [0.25, 0.3) is 0 Å². The Morgan fingerprint density at radius 3 is 2.38 bits per heavy atom. The minimum absolute atomic E-state index is 0.0456. The Kier molecular flexibility index (Phi) is 6.38. The van der Waals surface area contributed by atoms with Gasteiger partial charge in [-0.1, -0.05) is 17.7 Å². The predicted molar refractivity (Wildman–Crippen MR) is 101 cm³/mol. The van der Waals surface area contributed by atoms with E-state index >= 15 is 0 Å². The molecule has 0 unspecified atom stereocenters. The van der Waals surface area contributed by atoms with Crippen LogP contribution in [0.1, 0.15) is 30.1 Å².